The van der Waals surface area contributed by atoms with Gasteiger partial charge in [-0.05, 0) is 11.5 Å². The normalized spacial score (nSPS) is 13.3. The van der Waals surface area contributed by atoms with Gasteiger partial charge in [0.1, 0.15) is 0 Å². The summed E-state index contributed by atoms with van der Waals surface area (Å²) < 4.78 is 0. The highest BCUT2D eigenvalue weighted by Gasteiger charge is 1.98. The molecule has 0 bridgehead atoms. The molecule has 0 N–H and O–H groups in total. The summed E-state index contributed by atoms with van der Waals surface area (Å²) in [7, 11) is 1.31. The second kappa shape index (κ2) is 3.57. The van der Waals surface area contributed by atoms with Crippen molar-refractivity contribution in [3.05, 3.63) is 35.9 Å². The summed E-state index contributed by atoms with van der Waals surface area (Å²) in [6.45, 7) is 2.29. The van der Waals surface area contributed by atoms with Crippen LogP contribution in [0.4, 0.5) is 0 Å². The Balaban J connectivity index is 2.75. The lowest BCUT2D eigenvalue weighted by atomic mass is 10.0. The van der Waals surface area contributed by atoms with Gasteiger partial charge in [0, 0.05) is 10.2 Å². The summed E-state index contributed by atoms with van der Waals surface area (Å²) in [4.78, 5) is 0. The second-order valence-electron chi connectivity index (χ2n) is 2.72. The molecule has 0 radical (unpaired) electrons. The molecule has 0 fully saturated rings. The molecular formula is C9H14Si. The predicted molar refractivity (Wildman–Crippen MR) is 49.6 cm³/mol. The first-order valence-electron chi connectivity index (χ1n) is 3.89. The Kier molecular flexibility index (Phi) is 2.69. The van der Waals surface area contributed by atoms with Gasteiger partial charge >= 0.3 is 0 Å². The third-order valence-electron chi connectivity index (χ3n) is 1.98. The summed E-state index contributed by atoms with van der Waals surface area (Å²) in [6.07, 6.45) is 0. The lowest BCUT2D eigenvalue weighted by molar-refractivity contribution is 0.864. The van der Waals surface area contributed by atoms with E-state index < -0.39 is 0 Å². The predicted octanol–water partition coefficient (Wildman–Crippen LogP) is 1.57. The molecule has 10 heavy (non-hydrogen) atoms. The van der Waals surface area contributed by atoms with Crippen molar-refractivity contribution < 1.29 is 0 Å². The van der Waals surface area contributed by atoms with Crippen LogP contribution in [0.25, 0.3) is 0 Å². The molecule has 0 aromatic heterocycles. The van der Waals surface area contributed by atoms with E-state index in [0.29, 0.717) is 0 Å². The Morgan fingerprint density at radius 1 is 1.30 bits per heavy atom. The van der Waals surface area contributed by atoms with Gasteiger partial charge < -0.3 is 0 Å². The first-order valence-corrected chi connectivity index (χ1v) is 5.31. The molecule has 0 amide bonds. The van der Waals surface area contributed by atoms with Gasteiger partial charge in [0.25, 0.3) is 0 Å². The molecule has 0 aliphatic heterocycles. The molecule has 0 aliphatic carbocycles. The number of hydrogen-bond donors (Lipinski definition) is 0. The van der Waals surface area contributed by atoms with Gasteiger partial charge in [-0.25, -0.2) is 0 Å². The fourth-order valence-corrected chi connectivity index (χ4v) is 1.49. The van der Waals surface area contributed by atoms with Gasteiger partial charge in [-0.2, -0.15) is 0 Å². The molecule has 1 rings (SSSR count). The molecule has 1 atom stereocenters. The summed E-state index contributed by atoms with van der Waals surface area (Å²) in [5.41, 5.74) is 1.48. The average Bonchev–Trinajstić information content (AvgIpc) is 2.05. The zero-order valence-electron chi connectivity index (χ0n) is 6.67. The first kappa shape index (κ1) is 7.54. The molecule has 1 aromatic carbocycles. The molecule has 0 nitrogen and oxygen atoms in total. The molecule has 54 valence electrons. The Bertz CT molecular complexity index is 181. The van der Waals surface area contributed by atoms with Gasteiger partial charge in [-0.15, -0.1) is 0 Å². The highest BCUT2D eigenvalue weighted by molar-refractivity contribution is 6.09. The highest BCUT2D eigenvalue weighted by atomic mass is 28.1. The summed E-state index contributed by atoms with van der Waals surface area (Å²) >= 11 is 0. The molecule has 0 spiro atoms. The van der Waals surface area contributed by atoms with E-state index in [4.69, 9.17) is 0 Å². The smallest absolute Gasteiger partial charge is 0.00355 e. The van der Waals surface area contributed by atoms with Crippen molar-refractivity contribution in [3.63, 3.8) is 0 Å². The first-order chi connectivity index (χ1) is 4.84. The molecule has 1 aromatic rings. The van der Waals surface area contributed by atoms with Crippen LogP contribution in [0.2, 0.25) is 6.04 Å². The number of rotatable bonds is 2. The van der Waals surface area contributed by atoms with E-state index in [2.05, 4.69) is 37.3 Å². The quantitative estimate of drug-likeness (QED) is 0.561. The Morgan fingerprint density at radius 2 is 1.90 bits per heavy atom. The largest absolute Gasteiger partial charge is 0.0622 e. The van der Waals surface area contributed by atoms with Gasteiger partial charge in [0.2, 0.25) is 0 Å². The summed E-state index contributed by atoms with van der Waals surface area (Å²) in [5.74, 6) is 0.771. The van der Waals surface area contributed by atoms with E-state index in [9.17, 15) is 0 Å². The topological polar surface area (TPSA) is 0 Å². The Hall–Kier alpha value is -0.563. The van der Waals surface area contributed by atoms with Crippen molar-refractivity contribution in [3.8, 4) is 0 Å². The molecule has 0 aliphatic rings. The molecule has 1 unspecified atom stereocenters. The van der Waals surface area contributed by atoms with Gasteiger partial charge in [-0.3, -0.25) is 0 Å². The van der Waals surface area contributed by atoms with Gasteiger partial charge in [-0.1, -0.05) is 43.3 Å². The van der Waals surface area contributed by atoms with E-state index in [1.54, 1.807) is 0 Å². The Labute approximate surface area is 65.7 Å². The van der Waals surface area contributed by atoms with Crippen LogP contribution in [0.3, 0.4) is 0 Å². The van der Waals surface area contributed by atoms with Crippen LogP contribution in [0, 0.1) is 0 Å². The highest BCUT2D eigenvalue weighted by Crippen LogP contribution is 2.16. The van der Waals surface area contributed by atoms with Crippen molar-refractivity contribution in [1.29, 1.82) is 0 Å². The van der Waals surface area contributed by atoms with Crippen LogP contribution in [-0.4, -0.2) is 10.2 Å². The van der Waals surface area contributed by atoms with Crippen molar-refractivity contribution >= 4 is 10.2 Å². The van der Waals surface area contributed by atoms with Crippen molar-refractivity contribution in [2.24, 2.45) is 0 Å². The maximum absolute atomic E-state index is 2.29. The van der Waals surface area contributed by atoms with Crippen LogP contribution >= 0.6 is 0 Å². The second-order valence-corrected chi connectivity index (χ2v) is 3.54. The van der Waals surface area contributed by atoms with Crippen LogP contribution in [0.15, 0.2) is 30.3 Å². The number of benzene rings is 1. The average molecular weight is 150 g/mol. The monoisotopic (exact) mass is 150 g/mol. The van der Waals surface area contributed by atoms with E-state index in [-0.39, 0.29) is 0 Å². The molecule has 0 heterocycles. The van der Waals surface area contributed by atoms with Crippen molar-refractivity contribution in [2.45, 2.75) is 18.9 Å². The minimum Gasteiger partial charge on any atom is -0.0622 e. The van der Waals surface area contributed by atoms with Crippen LogP contribution in [0.5, 0.6) is 0 Å². The molecule has 0 saturated carbocycles. The fourth-order valence-electron chi connectivity index (χ4n) is 1.02. The zero-order chi connectivity index (χ0) is 7.40. The summed E-state index contributed by atoms with van der Waals surface area (Å²) in [6, 6.07) is 12.1. The van der Waals surface area contributed by atoms with Crippen LogP contribution in [0.1, 0.15) is 18.4 Å². The Morgan fingerprint density at radius 3 is 2.40 bits per heavy atom. The standard InChI is InChI=1S/C9H14Si/c1-8(7-10)9-5-3-2-4-6-9/h2-6,8H,7H2,1,10H3. The van der Waals surface area contributed by atoms with Gasteiger partial charge in [0.15, 0.2) is 0 Å². The van der Waals surface area contributed by atoms with E-state index >= 15 is 0 Å². The van der Waals surface area contributed by atoms with E-state index in [1.165, 1.54) is 21.9 Å². The van der Waals surface area contributed by atoms with Crippen LogP contribution < -0.4 is 0 Å². The third-order valence-corrected chi connectivity index (χ3v) is 3.21. The van der Waals surface area contributed by atoms with Crippen molar-refractivity contribution in [1.82, 2.24) is 0 Å². The van der Waals surface area contributed by atoms with Crippen LogP contribution in [-0.2, 0) is 0 Å². The van der Waals surface area contributed by atoms with Crippen molar-refractivity contribution in [2.75, 3.05) is 0 Å². The molecular weight excluding hydrogens is 136 g/mol. The van der Waals surface area contributed by atoms with Gasteiger partial charge in [0.05, 0.1) is 0 Å². The van der Waals surface area contributed by atoms with E-state index in [0.717, 1.165) is 5.92 Å². The molecule has 1 heteroatoms. The lowest BCUT2D eigenvalue weighted by Crippen LogP contribution is -1.90. The minimum absolute atomic E-state index is 0.771. The third kappa shape index (κ3) is 1.71. The molecule has 0 saturated heterocycles. The maximum Gasteiger partial charge on any atom is 0.00355 e. The fraction of sp³-hybridized carbons (Fsp3) is 0.333. The van der Waals surface area contributed by atoms with E-state index in [1.807, 2.05) is 0 Å². The maximum atomic E-state index is 2.29. The zero-order valence-corrected chi connectivity index (χ0v) is 8.67. The minimum atomic E-state index is 0.771. The lowest BCUT2D eigenvalue weighted by Gasteiger charge is -2.06. The SMILES string of the molecule is CC(C[SiH3])c1ccccc1. The number of hydrogen-bond acceptors (Lipinski definition) is 0. The summed E-state index contributed by atoms with van der Waals surface area (Å²) in [5, 5.41) is 0.